The fourth-order valence-electron chi connectivity index (χ4n) is 2.84. The second kappa shape index (κ2) is 10.4. The summed E-state index contributed by atoms with van der Waals surface area (Å²) in [4.78, 5) is 10.9. The number of aromatic nitrogens is 1. The second-order valence-electron chi connectivity index (χ2n) is 6.73. The van der Waals surface area contributed by atoms with Gasteiger partial charge >= 0.3 is 0 Å². The summed E-state index contributed by atoms with van der Waals surface area (Å²) in [6, 6.07) is 16.4. The first-order valence-corrected chi connectivity index (χ1v) is 9.51. The number of rotatable bonds is 8. The molecule has 1 heterocycles. The number of hydrogen-bond acceptors (Lipinski definition) is 4. The highest BCUT2D eigenvalue weighted by Gasteiger charge is 2.07. The van der Waals surface area contributed by atoms with Gasteiger partial charge < -0.3 is 20.0 Å². The minimum Gasteiger partial charge on any atom is -0.444 e. The van der Waals surface area contributed by atoms with E-state index in [1.54, 1.807) is 25.4 Å². The quantitative estimate of drug-likeness (QED) is 0.453. The summed E-state index contributed by atoms with van der Waals surface area (Å²) >= 11 is 0. The number of nitrogens with one attached hydrogen (secondary N) is 2. The van der Waals surface area contributed by atoms with E-state index in [1.807, 2.05) is 37.4 Å². The van der Waals surface area contributed by atoms with Crippen molar-refractivity contribution in [1.82, 2.24) is 20.5 Å². The van der Waals surface area contributed by atoms with Gasteiger partial charge in [-0.2, -0.15) is 0 Å². The molecule has 0 spiro atoms. The highest BCUT2D eigenvalue weighted by Crippen LogP contribution is 2.17. The molecule has 2 N–H and O–H groups in total. The van der Waals surface area contributed by atoms with E-state index in [9.17, 15) is 4.39 Å². The van der Waals surface area contributed by atoms with Gasteiger partial charge in [0.15, 0.2) is 5.96 Å². The first-order valence-electron chi connectivity index (χ1n) is 9.51. The molecule has 0 saturated heterocycles. The number of aliphatic imine (C=N–C) groups is 1. The zero-order valence-corrected chi connectivity index (χ0v) is 16.7. The molecule has 2 aromatic carbocycles. The predicted molar refractivity (Wildman–Crippen MR) is 113 cm³/mol. The molecule has 29 heavy (non-hydrogen) atoms. The molecule has 3 rings (SSSR count). The molecule has 0 fully saturated rings. The molecular weight excluding hydrogens is 369 g/mol. The average molecular weight is 395 g/mol. The van der Waals surface area contributed by atoms with E-state index in [1.165, 1.54) is 12.1 Å². The molecule has 1 aromatic heterocycles. The fraction of sp³-hybridized carbons (Fsp3) is 0.273. The van der Waals surface area contributed by atoms with Gasteiger partial charge in [-0.15, -0.1) is 0 Å². The topological polar surface area (TPSA) is 65.7 Å². The van der Waals surface area contributed by atoms with Gasteiger partial charge in [-0.05, 0) is 36.9 Å². The maximum Gasteiger partial charge on any atom is 0.226 e. The van der Waals surface area contributed by atoms with E-state index in [2.05, 4.69) is 25.5 Å². The first-order chi connectivity index (χ1) is 14.1. The van der Waals surface area contributed by atoms with Crippen LogP contribution in [0.2, 0.25) is 0 Å². The van der Waals surface area contributed by atoms with Crippen molar-refractivity contribution in [3.8, 4) is 11.5 Å². The van der Waals surface area contributed by atoms with Crippen molar-refractivity contribution in [3.63, 3.8) is 0 Å². The van der Waals surface area contributed by atoms with Crippen molar-refractivity contribution < 1.29 is 8.81 Å². The molecule has 0 radical (unpaired) electrons. The Balaban J connectivity index is 1.40. The monoisotopic (exact) mass is 395 g/mol. The maximum absolute atomic E-state index is 13.0. The van der Waals surface area contributed by atoms with Crippen LogP contribution in [0.4, 0.5) is 4.39 Å². The molecule has 0 amide bonds. The van der Waals surface area contributed by atoms with Crippen LogP contribution in [-0.2, 0) is 13.1 Å². The van der Waals surface area contributed by atoms with E-state index in [0.29, 0.717) is 18.4 Å². The summed E-state index contributed by atoms with van der Waals surface area (Å²) in [5.74, 6) is 1.09. The standard InChI is InChI=1S/C22H26FN5O/c1-24-22(25-12-13-28(2)15-17-8-10-19(23)11-9-17)26-14-20-16-29-21(27-20)18-6-4-3-5-7-18/h3-11,16H,12-15H2,1-2H3,(H2,24,25,26). The Bertz CT molecular complexity index is 908. The van der Waals surface area contributed by atoms with Crippen molar-refractivity contribution in [3.05, 3.63) is 77.9 Å². The molecule has 0 aliphatic rings. The molecule has 6 nitrogen and oxygen atoms in total. The minimum atomic E-state index is -0.212. The van der Waals surface area contributed by atoms with Gasteiger partial charge in [0.2, 0.25) is 5.89 Å². The van der Waals surface area contributed by atoms with Gasteiger partial charge in [-0.3, -0.25) is 4.99 Å². The number of oxazole rings is 1. The summed E-state index contributed by atoms with van der Waals surface area (Å²) in [6.45, 7) is 2.82. The molecule has 7 heteroatoms. The third-order valence-corrected chi connectivity index (χ3v) is 4.38. The Morgan fingerprint density at radius 3 is 2.59 bits per heavy atom. The van der Waals surface area contributed by atoms with Gasteiger partial charge in [-0.1, -0.05) is 30.3 Å². The number of likely N-dealkylation sites (N-methyl/N-ethyl adjacent to an activating group) is 1. The number of hydrogen-bond donors (Lipinski definition) is 2. The lowest BCUT2D eigenvalue weighted by Gasteiger charge is -2.18. The summed E-state index contributed by atoms with van der Waals surface area (Å²) in [7, 11) is 3.76. The van der Waals surface area contributed by atoms with Crippen molar-refractivity contribution in [2.24, 2.45) is 4.99 Å². The van der Waals surface area contributed by atoms with Crippen LogP contribution in [0.1, 0.15) is 11.3 Å². The number of benzene rings is 2. The van der Waals surface area contributed by atoms with Gasteiger partial charge in [0.1, 0.15) is 12.1 Å². The fourth-order valence-corrected chi connectivity index (χ4v) is 2.84. The van der Waals surface area contributed by atoms with Crippen molar-refractivity contribution >= 4 is 5.96 Å². The largest absolute Gasteiger partial charge is 0.444 e. The number of nitrogens with zero attached hydrogens (tertiary/aromatic N) is 3. The van der Waals surface area contributed by atoms with Crippen molar-refractivity contribution in [1.29, 1.82) is 0 Å². The molecule has 0 unspecified atom stereocenters. The second-order valence-corrected chi connectivity index (χ2v) is 6.73. The highest BCUT2D eigenvalue weighted by molar-refractivity contribution is 5.79. The van der Waals surface area contributed by atoms with Crippen LogP contribution >= 0.6 is 0 Å². The molecule has 3 aromatic rings. The van der Waals surface area contributed by atoms with Gasteiger partial charge in [0.25, 0.3) is 0 Å². The zero-order chi connectivity index (χ0) is 20.5. The lowest BCUT2D eigenvalue weighted by atomic mass is 10.2. The zero-order valence-electron chi connectivity index (χ0n) is 16.7. The molecular formula is C22H26FN5O. The number of guanidine groups is 1. The Labute approximate surface area is 170 Å². The lowest BCUT2D eigenvalue weighted by Crippen LogP contribution is -2.40. The van der Waals surface area contributed by atoms with Gasteiger partial charge in [0, 0.05) is 32.2 Å². The normalized spacial score (nSPS) is 11.7. The lowest BCUT2D eigenvalue weighted by molar-refractivity contribution is 0.331. The Kier molecular flexibility index (Phi) is 7.35. The maximum atomic E-state index is 13.0. The van der Waals surface area contributed by atoms with Crippen molar-refractivity contribution in [2.45, 2.75) is 13.1 Å². The van der Waals surface area contributed by atoms with Crippen LogP contribution in [-0.4, -0.2) is 43.0 Å². The average Bonchev–Trinajstić information content (AvgIpc) is 3.22. The summed E-state index contributed by atoms with van der Waals surface area (Å²) in [6.07, 6.45) is 1.65. The van der Waals surface area contributed by atoms with Crippen LogP contribution in [0.3, 0.4) is 0 Å². The van der Waals surface area contributed by atoms with Crippen LogP contribution in [0.25, 0.3) is 11.5 Å². The van der Waals surface area contributed by atoms with Crippen molar-refractivity contribution in [2.75, 3.05) is 27.2 Å². The Morgan fingerprint density at radius 1 is 1.10 bits per heavy atom. The highest BCUT2D eigenvalue weighted by atomic mass is 19.1. The predicted octanol–water partition coefficient (Wildman–Crippen LogP) is 3.28. The summed E-state index contributed by atoms with van der Waals surface area (Å²) in [5, 5.41) is 6.52. The number of halogens is 1. The van der Waals surface area contributed by atoms with Gasteiger partial charge in [0.05, 0.1) is 12.2 Å². The third-order valence-electron chi connectivity index (χ3n) is 4.38. The Morgan fingerprint density at radius 2 is 1.86 bits per heavy atom. The van der Waals surface area contributed by atoms with E-state index in [-0.39, 0.29) is 5.82 Å². The van der Waals surface area contributed by atoms with Gasteiger partial charge in [-0.25, -0.2) is 9.37 Å². The Hall–Kier alpha value is -3.19. The van der Waals surface area contributed by atoms with Crippen LogP contribution in [0.5, 0.6) is 0 Å². The smallest absolute Gasteiger partial charge is 0.226 e. The molecule has 0 atom stereocenters. The van der Waals surface area contributed by atoms with Crippen LogP contribution in [0, 0.1) is 5.82 Å². The van der Waals surface area contributed by atoms with E-state index in [4.69, 9.17) is 4.42 Å². The van der Waals surface area contributed by atoms with E-state index in [0.717, 1.165) is 36.5 Å². The molecule has 0 bridgehead atoms. The third kappa shape index (κ3) is 6.43. The van der Waals surface area contributed by atoms with E-state index < -0.39 is 0 Å². The molecule has 152 valence electrons. The molecule has 0 aliphatic carbocycles. The summed E-state index contributed by atoms with van der Waals surface area (Å²) < 4.78 is 18.5. The minimum absolute atomic E-state index is 0.212. The van der Waals surface area contributed by atoms with Crippen LogP contribution in [0.15, 0.2) is 70.3 Å². The summed E-state index contributed by atoms with van der Waals surface area (Å²) in [5.41, 5.74) is 2.84. The molecule has 0 aliphatic heterocycles. The molecule has 0 saturated carbocycles. The van der Waals surface area contributed by atoms with E-state index >= 15 is 0 Å². The van der Waals surface area contributed by atoms with Crippen LogP contribution < -0.4 is 10.6 Å². The SMILES string of the molecule is CN=C(NCCN(C)Cc1ccc(F)cc1)NCc1coc(-c2ccccc2)n1. The first kappa shape index (κ1) is 20.5.